The Balaban J connectivity index is 1.39. The molecule has 6 aromatic rings. The molecule has 72 heavy (non-hydrogen) atoms. The van der Waals surface area contributed by atoms with E-state index in [1.165, 1.54) is 114 Å². The molecule has 4 heteroatoms. The molecule has 3 aliphatic rings. The fourth-order valence-corrected chi connectivity index (χ4v) is 41.6. The van der Waals surface area contributed by atoms with Crippen molar-refractivity contribution in [2.45, 2.75) is 178 Å². The Morgan fingerprint density at radius 2 is 0.792 bits per heavy atom. The van der Waals surface area contributed by atoms with Crippen molar-refractivity contribution in [2.75, 3.05) is 0 Å². The molecular weight excluding hydrogens is 1010 g/mol. The third kappa shape index (κ3) is 8.85. The Hall–Kier alpha value is -3.52. The molecule has 9 rings (SSSR count). The summed E-state index contributed by atoms with van der Waals surface area (Å²) in [6.45, 7) is 47.2. The number of halogens is 2. The van der Waals surface area contributed by atoms with E-state index in [4.69, 9.17) is 0 Å². The molecule has 0 saturated carbocycles. The molecule has 1 heterocycles. The Bertz CT molecular complexity index is 3040. The van der Waals surface area contributed by atoms with Crippen LogP contribution in [0.1, 0.15) is 201 Å². The van der Waals surface area contributed by atoms with Gasteiger partial charge in [0.15, 0.2) is 0 Å². The van der Waals surface area contributed by atoms with Gasteiger partial charge in [0, 0.05) is 0 Å². The molecule has 0 aromatic heterocycles. The van der Waals surface area contributed by atoms with Crippen LogP contribution in [0.5, 0.6) is 0 Å². The number of hydrogen-bond donors (Lipinski definition) is 0. The summed E-state index contributed by atoms with van der Waals surface area (Å²) in [5, 5.41) is 2.94. The van der Waals surface area contributed by atoms with Gasteiger partial charge in [0.25, 0.3) is 0 Å². The average molecular weight is 1090 g/mol. The van der Waals surface area contributed by atoms with Crippen molar-refractivity contribution in [1.82, 2.24) is 0 Å². The summed E-state index contributed by atoms with van der Waals surface area (Å²) < 4.78 is 0.932. The van der Waals surface area contributed by atoms with Crippen molar-refractivity contribution >= 4 is 52.3 Å². The van der Waals surface area contributed by atoms with E-state index in [0.717, 1.165) is 0 Å². The molecule has 0 nitrogen and oxygen atoms in total. The fraction of sp³-hybridized carbons (Fsp3) is 0.412. The zero-order valence-electron chi connectivity index (χ0n) is 47.6. The number of rotatable bonds is 5. The first kappa shape index (κ1) is 53.3. The monoisotopic (exact) mass is 1090 g/mol. The third-order valence-corrected chi connectivity index (χ3v) is 40.0. The minimum atomic E-state index is -5.78. The molecule has 0 amide bonds. The summed E-state index contributed by atoms with van der Waals surface area (Å²) in [5.74, 6) is 0. The van der Waals surface area contributed by atoms with Crippen LogP contribution in [-0.2, 0) is 48.9 Å². The zero-order chi connectivity index (χ0) is 52.9. The first-order valence-electron chi connectivity index (χ1n) is 26.8. The van der Waals surface area contributed by atoms with Crippen LogP contribution in [0, 0.1) is 0 Å². The van der Waals surface area contributed by atoms with Crippen LogP contribution < -0.4 is 13.6 Å². The second-order valence-electron chi connectivity index (χ2n) is 28.5. The quantitative estimate of drug-likeness (QED) is 0.151. The van der Waals surface area contributed by atoms with Gasteiger partial charge in [-0.2, -0.15) is 0 Å². The molecule has 2 unspecified atom stereocenters. The normalized spacial score (nSPS) is 18.1. The van der Waals surface area contributed by atoms with Crippen molar-refractivity contribution < 1.29 is 16.4 Å². The molecule has 2 atom stereocenters. The van der Waals surface area contributed by atoms with E-state index < -0.39 is 25.9 Å². The molecule has 377 valence electrons. The summed E-state index contributed by atoms with van der Waals surface area (Å²) in [6.07, 6.45) is 5.04. The van der Waals surface area contributed by atoms with Crippen LogP contribution in [0.2, 0.25) is 0 Å². The van der Waals surface area contributed by atoms with Gasteiger partial charge in [-0.05, 0) is 0 Å². The van der Waals surface area contributed by atoms with Crippen LogP contribution in [-0.4, -0.2) is 9.52 Å². The first-order chi connectivity index (χ1) is 33.0. The van der Waals surface area contributed by atoms with Crippen molar-refractivity contribution in [2.24, 2.45) is 0 Å². The Morgan fingerprint density at radius 1 is 0.417 bits per heavy atom. The summed E-state index contributed by atoms with van der Waals surface area (Å²) in [7, 11) is 18.1. The second kappa shape index (κ2) is 17.3. The van der Waals surface area contributed by atoms with Crippen LogP contribution in [0.15, 0.2) is 114 Å². The molecule has 0 N–H and O–H groups in total. The van der Waals surface area contributed by atoms with Gasteiger partial charge in [0.2, 0.25) is 0 Å². The summed E-state index contributed by atoms with van der Waals surface area (Å²) in [5.41, 5.74) is 23.4. The standard InChI is InChI=1S/2C28H37.C12H9Si.2ClH.Zr/c2*1-18-13-19-11-12-24(28(8,9)10)25(23(19)14-18)20-15-21(26(2,3)4)17-22(16-20)27(5,6)7;1-3-7-11-9(5-1)10-6-2-4-8-12(10)13-11;;;/h2*11-17H,1-10H3;1-7H,13H2;2*1H;/q;;;;;+2/p-2. The fourth-order valence-electron chi connectivity index (χ4n) is 12.8. The van der Waals surface area contributed by atoms with E-state index in [1.54, 1.807) is 0 Å². The van der Waals surface area contributed by atoms with Crippen LogP contribution >= 0.6 is 17.0 Å². The zero-order valence-corrected chi connectivity index (χ0v) is 53.0. The van der Waals surface area contributed by atoms with Crippen LogP contribution in [0.4, 0.5) is 0 Å². The van der Waals surface area contributed by atoms with Gasteiger partial charge in [0.05, 0.1) is 0 Å². The van der Waals surface area contributed by atoms with Crippen LogP contribution in [0.3, 0.4) is 0 Å². The third-order valence-electron chi connectivity index (χ3n) is 16.8. The SMILES string of the molecule is CC1=Cc2c(ccc(C(C)(C)C)c2-c2cc(C(C)(C)C)cc(C(C)(C)C)c2)[CH]1[Zr]([Cl])([Cl])([c]1cccc2c1[SiH2]c1ccccc1-2)[CH]1C(C)=Cc2c1ccc(C(C)(C)C)c2-c1cc(C(C)(C)C)cc(C(C)(C)C)c1. The molecule has 0 saturated heterocycles. The molecule has 1 aliphatic heterocycles. The maximum atomic E-state index is 9.52. The van der Waals surface area contributed by atoms with E-state index in [0.29, 0.717) is 0 Å². The minimum absolute atomic E-state index is 0.0327. The Morgan fingerprint density at radius 3 is 1.17 bits per heavy atom. The van der Waals surface area contributed by atoms with Crippen molar-refractivity contribution in [1.29, 1.82) is 0 Å². The second-order valence-corrected chi connectivity index (χ2v) is 51.0. The molecule has 0 bridgehead atoms. The van der Waals surface area contributed by atoms with Gasteiger partial charge in [-0.3, -0.25) is 0 Å². The topological polar surface area (TPSA) is 0 Å². The van der Waals surface area contributed by atoms with Crippen molar-refractivity contribution in [3.63, 3.8) is 0 Å². The van der Waals surface area contributed by atoms with Gasteiger partial charge >= 0.3 is 450 Å². The molecular formula is C68H83Cl2SiZr. The molecule has 0 radical (unpaired) electrons. The number of benzene rings is 6. The maximum absolute atomic E-state index is 9.52. The Labute approximate surface area is 446 Å². The van der Waals surface area contributed by atoms with Gasteiger partial charge in [-0.15, -0.1) is 0 Å². The molecule has 6 aromatic carbocycles. The van der Waals surface area contributed by atoms with E-state index in [9.17, 15) is 17.0 Å². The van der Waals surface area contributed by atoms with E-state index >= 15 is 0 Å². The number of fused-ring (bicyclic) bond motifs is 5. The van der Waals surface area contributed by atoms with Gasteiger partial charge in [-0.25, -0.2) is 0 Å². The number of hydrogen-bond acceptors (Lipinski definition) is 0. The van der Waals surface area contributed by atoms with Crippen molar-refractivity contribution in [3.05, 3.63) is 170 Å². The molecule has 2 aliphatic carbocycles. The van der Waals surface area contributed by atoms with E-state index in [2.05, 4.69) is 254 Å². The van der Waals surface area contributed by atoms with Gasteiger partial charge in [-0.1, -0.05) is 0 Å². The molecule has 0 spiro atoms. The molecule has 0 fully saturated rings. The van der Waals surface area contributed by atoms with Gasteiger partial charge in [0.1, 0.15) is 0 Å². The number of allylic oxidation sites excluding steroid dienone is 2. The summed E-state index contributed by atoms with van der Waals surface area (Å²) >= 11 is -5.78. The first-order valence-corrected chi connectivity index (χ1v) is 38.6. The van der Waals surface area contributed by atoms with Crippen LogP contribution in [0.25, 0.3) is 45.5 Å². The van der Waals surface area contributed by atoms with Crippen molar-refractivity contribution in [3.8, 4) is 33.4 Å². The average Bonchev–Trinajstić information content (AvgIpc) is 3.93. The predicted octanol–water partition coefficient (Wildman–Crippen LogP) is 17.8. The Kier molecular flexibility index (Phi) is 12.8. The van der Waals surface area contributed by atoms with E-state index in [1.807, 2.05) is 0 Å². The van der Waals surface area contributed by atoms with E-state index in [-0.39, 0.29) is 39.7 Å². The summed E-state index contributed by atoms with van der Waals surface area (Å²) in [6, 6.07) is 40.8. The van der Waals surface area contributed by atoms with Gasteiger partial charge < -0.3 is 0 Å². The summed E-state index contributed by atoms with van der Waals surface area (Å²) in [4.78, 5) is 0. The predicted molar refractivity (Wildman–Crippen MR) is 320 cm³/mol.